The highest BCUT2D eigenvalue weighted by Crippen LogP contribution is 2.22. The number of nitrogens with zero attached hydrogens (tertiary/aromatic N) is 2. The monoisotopic (exact) mass is 317 g/mol. The Labute approximate surface area is 134 Å². The van der Waals surface area contributed by atoms with Gasteiger partial charge in [-0.3, -0.25) is 0 Å². The summed E-state index contributed by atoms with van der Waals surface area (Å²) in [7, 11) is 0. The lowest BCUT2D eigenvalue weighted by Crippen LogP contribution is -2.38. The molecule has 2 rings (SSSR count). The van der Waals surface area contributed by atoms with Crippen LogP contribution in [-0.4, -0.2) is 49.7 Å². The van der Waals surface area contributed by atoms with Gasteiger partial charge in [-0.25, -0.2) is 9.59 Å². The number of nitrogens with one attached hydrogen (secondary N) is 3. The van der Waals surface area contributed by atoms with Gasteiger partial charge in [0.2, 0.25) is 0 Å². The molecule has 1 aromatic rings. The van der Waals surface area contributed by atoms with E-state index in [1.807, 2.05) is 13.0 Å². The van der Waals surface area contributed by atoms with E-state index in [0.717, 1.165) is 0 Å². The van der Waals surface area contributed by atoms with Gasteiger partial charge in [-0.1, -0.05) is 0 Å². The second-order valence-electron chi connectivity index (χ2n) is 4.86. The molecule has 0 saturated carbocycles. The zero-order valence-electron chi connectivity index (χ0n) is 12.9. The van der Waals surface area contributed by atoms with E-state index in [2.05, 4.69) is 16.0 Å². The van der Waals surface area contributed by atoms with E-state index in [0.29, 0.717) is 49.8 Å². The topological polar surface area (TPSA) is 106 Å². The second-order valence-corrected chi connectivity index (χ2v) is 4.86. The van der Waals surface area contributed by atoms with E-state index < -0.39 is 6.03 Å². The SMILES string of the molecule is CCOc1ccc(NC(=O)NCCN2CCNC2=O)cc1C#N. The van der Waals surface area contributed by atoms with Gasteiger partial charge in [-0.15, -0.1) is 0 Å². The minimum atomic E-state index is -0.391. The van der Waals surface area contributed by atoms with Crippen LogP contribution in [0.3, 0.4) is 0 Å². The van der Waals surface area contributed by atoms with Crippen LogP contribution in [0.1, 0.15) is 12.5 Å². The summed E-state index contributed by atoms with van der Waals surface area (Å²) in [5, 5.41) is 17.1. The van der Waals surface area contributed by atoms with Crippen molar-refractivity contribution in [1.82, 2.24) is 15.5 Å². The molecule has 0 spiro atoms. The minimum absolute atomic E-state index is 0.114. The van der Waals surface area contributed by atoms with Gasteiger partial charge in [-0.2, -0.15) is 5.26 Å². The van der Waals surface area contributed by atoms with Crippen molar-refractivity contribution < 1.29 is 14.3 Å². The minimum Gasteiger partial charge on any atom is -0.492 e. The number of benzene rings is 1. The van der Waals surface area contributed by atoms with E-state index in [1.54, 1.807) is 23.1 Å². The number of carbonyl (C=O) groups is 2. The number of hydrogen-bond acceptors (Lipinski definition) is 4. The number of anilines is 1. The van der Waals surface area contributed by atoms with Gasteiger partial charge in [-0.05, 0) is 25.1 Å². The van der Waals surface area contributed by atoms with Crippen LogP contribution < -0.4 is 20.7 Å². The first-order chi connectivity index (χ1) is 11.1. The van der Waals surface area contributed by atoms with Crippen molar-refractivity contribution in [2.45, 2.75) is 6.92 Å². The Hall–Kier alpha value is -2.95. The van der Waals surface area contributed by atoms with Crippen LogP contribution >= 0.6 is 0 Å². The average Bonchev–Trinajstić information content (AvgIpc) is 2.94. The van der Waals surface area contributed by atoms with Crippen LogP contribution in [0.15, 0.2) is 18.2 Å². The van der Waals surface area contributed by atoms with Gasteiger partial charge in [0.1, 0.15) is 11.8 Å². The molecule has 8 nitrogen and oxygen atoms in total. The fourth-order valence-corrected chi connectivity index (χ4v) is 2.18. The van der Waals surface area contributed by atoms with Crippen molar-refractivity contribution in [2.75, 3.05) is 38.1 Å². The molecule has 1 aromatic carbocycles. The van der Waals surface area contributed by atoms with E-state index in [9.17, 15) is 9.59 Å². The van der Waals surface area contributed by atoms with Gasteiger partial charge < -0.3 is 25.6 Å². The van der Waals surface area contributed by atoms with E-state index in [-0.39, 0.29) is 6.03 Å². The number of hydrogen-bond donors (Lipinski definition) is 3. The zero-order chi connectivity index (χ0) is 16.7. The van der Waals surface area contributed by atoms with Crippen molar-refractivity contribution in [3.63, 3.8) is 0 Å². The number of amides is 4. The zero-order valence-corrected chi connectivity index (χ0v) is 12.9. The summed E-state index contributed by atoms with van der Waals surface area (Å²) in [6.45, 7) is 4.38. The molecule has 0 bridgehead atoms. The standard InChI is InChI=1S/C15H19N5O3/c1-2-23-13-4-3-12(9-11(13)10-16)19-14(21)17-5-7-20-8-6-18-15(20)22/h3-4,9H,2,5-8H2,1H3,(H,18,22)(H2,17,19,21). The molecular formula is C15H19N5O3. The predicted molar refractivity (Wildman–Crippen MR) is 84.3 cm³/mol. The highest BCUT2D eigenvalue weighted by atomic mass is 16.5. The Morgan fingerprint density at radius 1 is 1.52 bits per heavy atom. The maximum absolute atomic E-state index is 11.8. The molecule has 0 aromatic heterocycles. The molecule has 1 heterocycles. The molecule has 1 aliphatic rings. The Morgan fingerprint density at radius 3 is 3.00 bits per heavy atom. The largest absolute Gasteiger partial charge is 0.492 e. The summed E-state index contributed by atoms with van der Waals surface area (Å²) in [5.41, 5.74) is 0.861. The third-order valence-corrected chi connectivity index (χ3v) is 3.27. The second kappa shape index (κ2) is 7.89. The first-order valence-electron chi connectivity index (χ1n) is 7.38. The quantitative estimate of drug-likeness (QED) is 0.730. The van der Waals surface area contributed by atoms with Gasteiger partial charge >= 0.3 is 12.1 Å². The van der Waals surface area contributed by atoms with Gasteiger partial charge in [0.25, 0.3) is 0 Å². The molecule has 1 fully saturated rings. The molecule has 1 saturated heterocycles. The molecule has 0 atom stereocenters. The molecule has 8 heteroatoms. The Kier molecular flexibility index (Phi) is 5.63. The Balaban J connectivity index is 1.83. The fourth-order valence-electron chi connectivity index (χ4n) is 2.18. The van der Waals surface area contributed by atoms with E-state index in [4.69, 9.17) is 10.00 Å². The normalized spacial score (nSPS) is 13.2. The molecule has 0 radical (unpaired) electrons. The summed E-state index contributed by atoms with van der Waals surface area (Å²) in [4.78, 5) is 24.8. The maximum Gasteiger partial charge on any atom is 0.319 e. The van der Waals surface area contributed by atoms with Crippen LogP contribution in [0.2, 0.25) is 0 Å². The summed E-state index contributed by atoms with van der Waals surface area (Å²) in [6.07, 6.45) is 0. The van der Waals surface area contributed by atoms with E-state index in [1.165, 1.54) is 0 Å². The molecule has 0 unspecified atom stereocenters. The van der Waals surface area contributed by atoms with Gasteiger partial charge in [0.15, 0.2) is 0 Å². The molecular weight excluding hydrogens is 298 g/mol. The van der Waals surface area contributed by atoms with Gasteiger partial charge in [0, 0.05) is 31.9 Å². The van der Waals surface area contributed by atoms with Crippen LogP contribution in [0.25, 0.3) is 0 Å². The summed E-state index contributed by atoms with van der Waals surface area (Å²) < 4.78 is 5.33. The van der Waals surface area contributed by atoms with Crippen LogP contribution in [0.4, 0.5) is 15.3 Å². The summed E-state index contributed by atoms with van der Waals surface area (Å²) >= 11 is 0. The average molecular weight is 317 g/mol. The first-order valence-corrected chi connectivity index (χ1v) is 7.38. The van der Waals surface area contributed by atoms with Crippen molar-refractivity contribution in [3.8, 4) is 11.8 Å². The molecule has 4 amide bonds. The number of urea groups is 2. The van der Waals surface area contributed by atoms with Crippen LogP contribution in [0.5, 0.6) is 5.75 Å². The van der Waals surface area contributed by atoms with Crippen molar-refractivity contribution in [1.29, 1.82) is 5.26 Å². The number of nitriles is 1. The number of carbonyl (C=O) groups excluding carboxylic acids is 2. The van der Waals surface area contributed by atoms with Gasteiger partial charge in [0.05, 0.1) is 12.2 Å². The summed E-state index contributed by atoms with van der Waals surface area (Å²) in [6, 6.07) is 6.39. The smallest absolute Gasteiger partial charge is 0.319 e. The third-order valence-electron chi connectivity index (χ3n) is 3.27. The lowest BCUT2D eigenvalue weighted by atomic mass is 10.2. The highest BCUT2D eigenvalue weighted by Gasteiger charge is 2.18. The van der Waals surface area contributed by atoms with Crippen LogP contribution in [-0.2, 0) is 0 Å². The lowest BCUT2D eigenvalue weighted by Gasteiger charge is -2.14. The molecule has 122 valence electrons. The number of rotatable bonds is 6. The Morgan fingerprint density at radius 2 is 2.35 bits per heavy atom. The first kappa shape index (κ1) is 16.4. The van der Waals surface area contributed by atoms with E-state index >= 15 is 0 Å². The highest BCUT2D eigenvalue weighted by molar-refractivity contribution is 5.89. The summed E-state index contributed by atoms with van der Waals surface area (Å²) in [5.74, 6) is 0.487. The Bertz CT molecular complexity index is 626. The predicted octanol–water partition coefficient (Wildman–Crippen LogP) is 1.10. The maximum atomic E-state index is 11.8. The number of ether oxygens (including phenoxy) is 1. The molecule has 3 N–H and O–H groups in total. The van der Waals surface area contributed by atoms with Crippen molar-refractivity contribution in [2.24, 2.45) is 0 Å². The molecule has 0 aliphatic carbocycles. The molecule has 1 aliphatic heterocycles. The van der Waals surface area contributed by atoms with Crippen molar-refractivity contribution in [3.05, 3.63) is 23.8 Å². The lowest BCUT2D eigenvalue weighted by molar-refractivity contribution is 0.216. The fraction of sp³-hybridized carbons (Fsp3) is 0.400. The molecule has 23 heavy (non-hydrogen) atoms. The third kappa shape index (κ3) is 4.51. The van der Waals surface area contributed by atoms with Crippen LogP contribution in [0, 0.1) is 11.3 Å². The van der Waals surface area contributed by atoms with Crippen molar-refractivity contribution >= 4 is 17.7 Å².